The first-order valence-corrected chi connectivity index (χ1v) is 10.4. The van der Waals surface area contributed by atoms with Gasteiger partial charge in [-0.05, 0) is 39.3 Å². The van der Waals surface area contributed by atoms with E-state index >= 15 is 0 Å². The molecular formula is C23H27ClN6O2. The van der Waals surface area contributed by atoms with Crippen LogP contribution in [0.5, 0.6) is 5.75 Å². The van der Waals surface area contributed by atoms with Gasteiger partial charge < -0.3 is 15.8 Å². The summed E-state index contributed by atoms with van der Waals surface area (Å²) in [4.78, 5) is 28.0. The van der Waals surface area contributed by atoms with Crippen LogP contribution in [-0.2, 0) is 11.3 Å². The number of allylic oxidation sites excluding steroid dienone is 3. The van der Waals surface area contributed by atoms with Crippen LogP contribution in [0, 0.1) is 13.8 Å². The number of halogens is 1. The Morgan fingerprint density at radius 3 is 2.62 bits per heavy atom. The Morgan fingerprint density at radius 2 is 2.03 bits per heavy atom. The van der Waals surface area contributed by atoms with Crippen molar-refractivity contribution in [1.29, 1.82) is 0 Å². The summed E-state index contributed by atoms with van der Waals surface area (Å²) >= 11 is 6.43. The number of aromatic nitrogens is 3. The lowest BCUT2D eigenvalue weighted by molar-refractivity contribution is -0.113. The van der Waals surface area contributed by atoms with Crippen molar-refractivity contribution in [2.75, 3.05) is 24.8 Å². The lowest BCUT2D eigenvalue weighted by atomic mass is 10.0. The SMILES string of the molecule is C=C(C)/C(C)=C(/C=C1\C(=O)N(Cc2ncc(C)c(OC)c2C)c2nc(N)nc(Cl)c21)NC. The van der Waals surface area contributed by atoms with E-state index in [4.69, 9.17) is 22.1 Å². The fourth-order valence-corrected chi connectivity index (χ4v) is 3.89. The fourth-order valence-electron chi connectivity index (χ4n) is 3.62. The second kappa shape index (κ2) is 9.00. The molecule has 2 aromatic rings. The highest BCUT2D eigenvalue weighted by Gasteiger charge is 2.37. The molecule has 1 aliphatic heterocycles. The van der Waals surface area contributed by atoms with Crippen molar-refractivity contribution in [3.05, 3.63) is 63.2 Å². The molecule has 3 heterocycles. The normalized spacial score (nSPS) is 15.0. The molecule has 0 radical (unpaired) electrons. The van der Waals surface area contributed by atoms with Gasteiger partial charge >= 0.3 is 0 Å². The summed E-state index contributed by atoms with van der Waals surface area (Å²) in [6.07, 6.45) is 3.46. The van der Waals surface area contributed by atoms with E-state index in [1.807, 2.05) is 27.7 Å². The predicted octanol–water partition coefficient (Wildman–Crippen LogP) is 3.73. The molecule has 0 fully saturated rings. The first-order valence-electron chi connectivity index (χ1n) is 10.0. The van der Waals surface area contributed by atoms with Gasteiger partial charge in [0.25, 0.3) is 5.91 Å². The maximum absolute atomic E-state index is 13.6. The number of ether oxygens (including phenoxy) is 1. The monoisotopic (exact) mass is 454 g/mol. The molecule has 0 unspecified atom stereocenters. The van der Waals surface area contributed by atoms with E-state index in [-0.39, 0.29) is 23.6 Å². The first-order chi connectivity index (χ1) is 15.1. The number of pyridine rings is 1. The second-order valence-electron chi connectivity index (χ2n) is 7.64. The highest BCUT2D eigenvalue weighted by atomic mass is 35.5. The van der Waals surface area contributed by atoms with Crippen LogP contribution in [0.1, 0.15) is 36.2 Å². The van der Waals surface area contributed by atoms with Crippen molar-refractivity contribution in [3.63, 3.8) is 0 Å². The Balaban J connectivity index is 2.18. The Kier molecular flexibility index (Phi) is 6.55. The molecule has 0 saturated carbocycles. The number of nitrogen functional groups attached to an aromatic ring is 1. The fraction of sp³-hybridized carbons (Fsp3) is 0.304. The molecule has 9 heteroatoms. The van der Waals surface area contributed by atoms with E-state index in [1.165, 1.54) is 4.90 Å². The number of rotatable bonds is 6. The zero-order valence-electron chi connectivity index (χ0n) is 19.1. The van der Waals surface area contributed by atoms with Crippen molar-refractivity contribution < 1.29 is 9.53 Å². The largest absolute Gasteiger partial charge is 0.496 e. The smallest absolute Gasteiger partial charge is 0.260 e. The van der Waals surface area contributed by atoms with Crippen LogP contribution in [0.15, 0.2) is 35.7 Å². The van der Waals surface area contributed by atoms with Gasteiger partial charge in [0.15, 0.2) is 5.82 Å². The molecule has 8 nitrogen and oxygen atoms in total. The number of aryl methyl sites for hydroxylation is 1. The predicted molar refractivity (Wildman–Crippen MR) is 127 cm³/mol. The molecule has 1 amide bonds. The topological polar surface area (TPSA) is 106 Å². The van der Waals surface area contributed by atoms with Crippen molar-refractivity contribution in [3.8, 4) is 5.75 Å². The summed E-state index contributed by atoms with van der Waals surface area (Å²) < 4.78 is 5.51. The van der Waals surface area contributed by atoms with Gasteiger partial charge in [-0.2, -0.15) is 4.98 Å². The Bertz CT molecular complexity index is 1190. The minimum atomic E-state index is -0.273. The Labute approximate surface area is 192 Å². The maximum Gasteiger partial charge on any atom is 0.260 e. The van der Waals surface area contributed by atoms with Crippen molar-refractivity contribution in [2.45, 2.75) is 34.2 Å². The molecule has 3 N–H and O–H groups in total. The first kappa shape index (κ1) is 23.3. The van der Waals surface area contributed by atoms with Gasteiger partial charge in [-0.15, -0.1) is 0 Å². The number of methoxy groups -OCH3 is 1. The molecule has 32 heavy (non-hydrogen) atoms. The number of carbonyl (C=O) groups is 1. The van der Waals surface area contributed by atoms with E-state index in [0.717, 1.165) is 33.7 Å². The average Bonchev–Trinajstić information content (AvgIpc) is 2.99. The van der Waals surface area contributed by atoms with Crippen LogP contribution < -0.4 is 20.7 Å². The number of likely N-dealkylation sites (N-methyl/N-ethyl adjacent to an activating group) is 1. The number of amides is 1. The van der Waals surface area contributed by atoms with Gasteiger partial charge in [0.2, 0.25) is 5.95 Å². The molecule has 0 saturated heterocycles. The van der Waals surface area contributed by atoms with Gasteiger partial charge in [0.1, 0.15) is 10.9 Å². The lowest BCUT2D eigenvalue weighted by Crippen LogP contribution is -2.28. The molecule has 168 valence electrons. The summed E-state index contributed by atoms with van der Waals surface area (Å²) in [6.45, 7) is 11.8. The van der Waals surface area contributed by atoms with Crippen molar-refractivity contribution in [1.82, 2.24) is 20.3 Å². The molecule has 0 bridgehead atoms. The van der Waals surface area contributed by atoms with E-state index in [1.54, 1.807) is 26.4 Å². The van der Waals surface area contributed by atoms with Crippen LogP contribution in [0.3, 0.4) is 0 Å². The number of hydrogen-bond acceptors (Lipinski definition) is 7. The van der Waals surface area contributed by atoms with E-state index in [9.17, 15) is 4.79 Å². The third-order valence-electron chi connectivity index (χ3n) is 5.52. The zero-order chi connectivity index (χ0) is 23.7. The molecule has 0 atom stereocenters. The third-order valence-corrected chi connectivity index (χ3v) is 5.80. The average molecular weight is 455 g/mol. The quantitative estimate of drug-likeness (QED) is 0.389. The minimum Gasteiger partial charge on any atom is -0.496 e. The zero-order valence-corrected chi connectivity index (χ0v) is 19.9. The number of anilines is 2. The highest BCUT2D eigenvalue weighted by molar-refractivity contribution is 6.39. The van der Waals surface area contributed by atoms with E-state index in [0.29, 0.717) is 22.6 Å². The summed E-state index contributed by atoms with van der Waals surface area (Å²) in [7, 11) is 3.39. The molecule has 0 spiro atoms. The molecular weight excluding hydrogens is 428 g/mol. The summed E-state index contributed by atoms with van der Waals surface area (Å²) in [6, 6.07) is 0. The summed E-state index contributed by atoms with van der Waals surface area (Å²) in [5.41, 5.74) is 11.6. The molecule has 0 aliphatic carbocycles. The summed E-state index contributed by atoms with van der Waals surface area (Å²) in [5.74, 6) is 0.796. The van der Waals surface area contributed by atoms with Crippen LogP contribution in [-0.4, -0.2) is 35.0 Å². The number of nitrogens with zero attached hydrogens (tertiary/aromatic N) is 4. The minimum absolute atomic E-state index is 0.0125. The van der Waals surface area contributed by atoms with Crippen LogP contribution in [0.4, 0.5) is 11.8 Å². The molecule has 3 rings (SSSR count). The van der Waals surface area contributed by atoms with Crippen molar-refractivity contribution in [2.24, 2.45) is 0 Å². The standard InChI is InChI=1S/C23H27ClN6O2/c1-11(2)13(4)16(26-6)8-15-18-20(24)28-23(25)29-21(18)30(22(15)31)10-17-14(5)19(32-7)12(3)9-27-17/h8-9,26H,1,10H2,2-7H3,(H2,25,28,29)/b15-8-,16-13-. The molecule has 2 aromatic heterocycles. The third kappa shape index (κ3) is 4.05. The van der Waals surface area contributed by atoms with Crippen molar-refractivity contribution >= 4 is 34.8 Å². The van der Waals surface area contributed by atoms with Crippen LogP contribution >= 0.6 is 11.6 Å². The van der Waals surface area contributed by atoms with Crippen LogP contribution in [0.25, 0.3) is 5.57 Å². The maximum atomic E-state index is 13.6. The number of fused-ring (bicyclic) bond motifs is 1. The molecule has 1 aliphatic rings. The number of hydrogen-bond donors (Lipinski definition) is 2. The van der Waals surface area contributed by atoms with E-state index < -0.39 is 0 Å². The van der Waals surface area contributed by atoms with Gasteiger partial charge in [-0.3, -0.25) is 14.7 Å². The highest BCUT2D eigenvalue weighted by Crippen LogP contribution is 2.41. The van der Waals surface area contributed by atoms with Gasteiger partial charge in [-0.1, -0.05) is 23.8 Å². The van der Waals surface area contributed by atoms with Gasteiger partial charge in [0, 0.05) is 30.1 Å². The number of nitrogens with two attached hydrogens (primary N) is 1. The van der Waals surface area contributed by atoms with Gasteiger partial charge in [0.05, 0.1) is 30.5 Å². The molecule has 0 aromatic carbocycles. The lowest BCUT2D eigenvalue weighted by Gasteiger charge is -2.19. The number of carbonyl (C=O) groups excluding carboxylic acids is 1. The Morgan fingerprint density at radius 1 is 1.34 bits per heavy atom. The summed E-state index contributed by atoms with van der Waals surface area (Å²) in [5, 5.41) is 3.24. The Hall–Kier alpha value is -3.39. The van der Waals surface area contributed by atoms with E-state index in [2.05, 4.69) is 26.8 Å². The number of nitrogens with one attached hydrogen (secondary N) is 1. The second-order valence-corrected chi connectivity index (χ2v) is 7.99. The van der Waals surface area contributed by atoms with Gasteiger partial charge in [-0.25, -0.2) is 4.98 Å². The van der Waals surface area contributed by atoms with Crippen LogP contribution in [0.2, 0.25) is 5.15 Å².